The molecule has 0 spiro atoms. The Morgan fingerprint density at radius 2 is 2.00 bits per heavy atom. The van der Waals surface area contributed by atoms with E-state index in [9.17, 15) is 9.59 Å². The molecule has 1 N–H and O–H groups in total. The van der Waals surface area contributed by atoms with Crippen LogP contribution in [0.5, 0.6) is 0 Å². The molecule has 5 heteroatoms. The summed E-state index contributed by atoms with van der Waals surface area (Å²) in [6, 6.07) is -0.748. The maximum Gasteiger partial charge on any atom is 0.408 e. The summed E-state index contributed by atoms with van der Waals surface area (Å²) in [5, 5.41) is 2.45. The van der Waals surface area contributed by atoms with E-state index < -0.39 is 23.7 Å². The first-order chi connectivity index (χ1) is 7.80. The highest BCUT2D eigenvalue weighted by Crippen LogP contribution is 2.07. The van der Waals surface area contributed by atoms with E-state index in [4.69, 9.17) is 9.47 Å². The van der Waals surface area contributed by atoms with Crippen molar-refractivity contribution in [2.75, 3.05) is 6.61 Å². The summed E-state index contributed by atoms with van der Waals surface area (Å²) in [6.45, 7) is 10.7. The number of ether oxygens (including phenoxy) is 2. The van der Waals surface area contributed by atoms with Crippen molar-refractivity contribution in [1.82, 2.24) is 5.32 Å². The molecule has 0 unspecified atom stereocenters. The molecule has 0 aliphatic heterocycles. The average molecular weight is 243 g/mol. The molecule has 0 fully saturated rings. The molecule has 17 heavy (non-hydrogen) atoms. The summed E-state index contributed by atoms with van der Waals surface area (Å²) >= 11 is 0. The molecular weight excluding hydrogens is 222 g/mol. The predicted molar refractivity (Wildman–Crippen MR) is 64.6 cm³/mol. The van der Waals surface area contributed by atoms with E-state index in [-0.39, 0.29) is 6.61 Å². The molecule has 0 bridgehead atoms. The van der Waals surface area contributed by atoms with E-state index in [2.05, 4.69) is 11.9 Å². The third-order valence-corrected chi connectivity index (χ3v) is 1.66. The summed E-state index contributed by atoms with van der Waals surface area (Å²) in [7, 11) is 0. The van der Waals surface area contributed by atoms with Crippen molar-refractivity contribution in [2.45, 2.75) is 45.8 Å². The molecule has 0 rings (SSSR count). The number of hydrogen-bond donors (Lipinski definition) is 1. The summed E-state index contributed by atoms with van der Waals surface area (Å²) in [4.78, 5) is 23.0. The fourth-order valence-corrected chi connectivity index (χ4v) is 1.07. The SMILES string of the molecule is C=CC[C@@H](NC(=O)OC(C)(C)C)C(=O)OCC. The Bertz CT molecular complexity index is 281. The zero-order valence-corrected chi connectivity index (χ0v) is 10.9. The van der Waals surface area contributed by atoms with Gasteiger partial charge in [-0.3, -0.25) is 0 Å². The van der Waals surface area contributed by atoms with Crippen LogP contribution < -0.4 is 5.32 Å². The van der Waals surface area contributed by atoms with Crippen LogP contribution in [0.25, 0.3) is 0 Å². The molecule has 98 valence electrons. The van der Waals surface area contributed by atoms with Gasteiger partial charge in [0.25, 0.3) is 0 Å². The highest BCUT2D eigenvalue weighted by Gasteiger charge is 2.24. The first-order valence-electron chi connectivity index (χ1n) is 5.57. The van der Waals surface area contributed by atoms with E-state index in [0.29, 0.717) is 6.42 Å². The third-order valence-electron chi connectivity index (χ3n) is 1.66. The average Bonchev–Trinajstić information content (AvgIpc) is 2.14. The molecule has 0 aromatic carbocycles. The Hall–Kier alpha value is -1.52. The largest absolute Gasteiger partial charge is 0.464 e. The number of nitrogens with one attached hydrogen (secondary N) is 1. The molecule has 1 atom stereocenters. The van der Waals surface area contributed by atoms with E-state index in [1.54, 1.807) is 33.8 Å². The Morgan fingerprint density at radius 1 is 1.41 bits per heavy atom. The van der Waals surface area contributed by atoms with Crippen molar-refractivity contribution in [3.63, 3.8) is 0 Å². The Labute approximate surface area is 102 Å². The van der Waals surface area contributed by atoms with Crippen LogP contribution in [0.2, 0.25) is 0 Å². The van der Waals surface area contributed by atoms with Crippen LogP contribution in [0.4, 0.5) is 4.79 Å². The zero-order chi connectivity index (χ0) is 13.5. The fraction of sp³-hybridized carbons (Fsp3) is 0.667. The van der Waals surface area contributed by atoms with Crippen LogP contribution in [-0.4, -0.2) is 30.3 Å². The van der Waals surface area contributed by atoms with Gasteiger partial charge in [0.05, 0.1) is 6.61 Å². The van der Waals surface area contributed by atoms with Gasteiger partial charge in [0.1, 0.15) is 11.6 Å². The molecule has 0 aromatic heterocycles. The second kappa shape index (κ2) is 6.93. The van der Waals surface area contributed by atoms with Crippen molar-refractivity contribution in [1.29, 1.82) is 0 Å². The topological polar surface area (TPSA) is 64.6 Å². The molecule has 0 aliphatic carbocycles. The molecule has 0 heterocycles. The van der Waals surface area contributed by atoms with E-state index in [1.807, 2.05) is 0 Å². The molecule has 1 amide bonds. The van der Waals surface area contributed by atoms with Gasteiger partial charge < -0.3 is 14.8 Å². The Kier molecular flexibility index (Phi) is 6.31. The van der Waals surface area contributed by atoms with Crippen LogP contribution in [0, 0.1) is 0 Å². The second-order valence-corrected chi connectivity index (χ2v) is 4.48. The zero-order valence-electron chi connectivity index (χ0n) is 10.9. The monoisotopic (exact) mass is 243 g/mol. The lowest BCUT2D eigenvalue weighted by Crippen LogP contribution is -2.44. The molecule has 0 saturated heterocycles. The van der Waals surface area contributed by atoms with Gasteiger partial charge in [0, 0.05) is 0 Å². The minimum atomic E-state index is -0.748. The third kappa shape index (κ3) is 7.38. The van der Waals surface area contributed by atoms with Crippen LogP contribution in [-0.2, 0) is 14.3 Å². The van der Waals surface area contributed by atoms with Gasteiger partial charge in [-0.2, -0.15) is 0 Å². The normalized spacial score (nSPS) is 12.5. The second-order valence-electron chi connectivity index (χ2n) is 4.48. The van der Waals surface area contributed by atoms with E-state index >= 15 is 0 Å². The molecule has 0 aliphatic rings. The Morgan fingerprint density at radius 3 is 2.41 bits per heavy atom. The van der Waals surface area contributed by atoms with Crippen molar-refractivity contribution < 1.29 is 19.1 Å². The molecule has 5 nitrogen and oxygen atoms in total. The van der Waals surface area contributed by atoms with Gasteiger partial charge in [0.15, 0.2) is 0 Å². The van der Waals surface area contributed by atoms with Gasteiger partial charge >= 0.3 is 12.1 Å². The van der Waals surface area contributed by atoms with Crippen molar-refractivity contribution in [3.05, 3.63) is 12.7 Å². The number of amides is 1. The number of hydrogen-bond acceptors (Lipinski definition) is 4. The minimum Gasteiger partial charge on any atom is -0.464 e. The number of carbonyl (C=O) groups excluding carboxylic acids is 2. The van der Waals surface area contributed by atoms with Gasteiger partial charge in [-0.15, -0.1) is 6.58 Å². The van der Waals surface area contributed by atoms with E-state index in [1.165, 1.54) is 0 Å². The van der Waals surface area contributed by atoms with Crippen LogP contribution in [0.3, 0.4) is 0 Å². The summed E-state index contributed by atoms with van der Waals surface area (Å²) in [6.07, 6.45) is 1.20. The maximum atomic E-state index is 11.5. The first-order valence-corrected chi connectivity index (χ1v) is 5.57. The maximum absolute atomic E-state index is 11.5. The minimum absolute atomic E-state index is 0.266. The lowest BCUT2D eigenvalue weighted by atomic mass is 10.2. The number of esters is 1. The molecule has 0 saturated carbocycles. The standard InChI is InChI=1S/C12H21NO4/c1-6-8-9(10(14)16-7-2)13-11(15)17-12(3,4)5/h6,9H,1,7-8H2,2-5H3,(H,13,15)/t9-/m1/s1. The fourth-order valence-electron chi connectivity index (χ4n) is 1.07. The van der Waals surface area contributed by atoms with Gasteiger partial charge in [-0.05, 0) is 34.1 Å². The lowest BCUT2D eigenvalue weighted by Gasteiger charge is -2.22. The van der Waals surface area contributed by atoms with Gasteiger partial charge in [-0.25, -0.2) is 9.59 Å². The number of carbonyl (C=O) groups is 2. The highest BCUT2D eigenvalue weighted by molar-refractivity contribution is 5.81. The predicted octanol–water partition coefficient (Wildman–Crippen LogP) is 2.02. The van der Waals surface area contributed by atoms with Crippen LogP contribution in [0.15, 0.2) is 12.7 Å². The van der Waals surface area contributed by atoms with Crippen molar-refractivity contribution in [3.8, 4) is 0 Å². The van der Waals surface area contributed by atoms with E-state index in [0.717, 1.165) is 0 Å². The van der Waals surface area contributed by atoms with Crippen LogP contribution >= 0.6 is 0 Å². The lowest BCUT2D eigenvalue weighted by molar-refractivity contribution is -0.145. The summed E-state index contributed by atoms with van der Waals surface area (Å²) in [5.74, 6) is -0.488. The number of alkyl carbamates (subject to hydrolysis) is 1. The number of rotatable bonds is 5. The molecule has 0 aromatic rings. The summed E-state index contributed by atoms with van der Waals surface area (Å²) in [5.41, 5.74) is -0.600. The molecule has 0 radical (unpaired) electrons. The van der Waals surface area contributed by atoms with Gasteiger partial charge in [-0.1, -0.05) is 6.08 Å². The smallest absolute Gasteiger partial charge is 0.408 e. The summed E-state index contributed by atoms with van der Waals surface area (Å²) < 4.78 is 9.88. The quantitative estimate of drug-likeness (QED) is 0.592. The highest BCUT2D eigenvalue weighted by atomic mass is 16.6. The molecular formula is C12H21NO4. The van der Waals surface area contributed by atoms with Crippen molar-refractivity contribution in [2.24, 2.45) is 0 Å². The Balaban J connectivity index is 4.39. The van der Waals surface area contributed by atoms with Gasteiger partial charge in [0.2, 0.25) is 0 Å². The first kappa shape index (κ1) is 15.5. The van der Waals surface area contributed by atoms with Crippen molar-refractivity contribution >= 4 is 12.1 Å². The van der Waals surface area contributed by atoms with Crippen LogP contribution in [0.1, 0.15) is 34.1 Å².